The van der Waals surface area contributed by atoms with E-state index in [2.05, 4.69) is 0 Å². The third kappa shape index (κ3) is 5.17. The van der Waals surface area contributed by atoms with E-state index in [1.54, 1.807) is 0 Å². The Balaban J connectivity index is 2.18. The first-order valence-electron chi connectivity index (χ1n) is 8.77. The van der Waals surface area contributed by atoms with Crippen molar-refractivity contribution in [3.63, 3.8) is 0 Å². The van der Waals surface area contributed by atoms with Crippen LogP contribution < -0.4 is 4.74 Å². The molecule has 0 saturated heterocycles. The quantitative estimate of drug-likeness (QED) is 0.272. The molecule has 162 valence electrons. The number of hydrogen-bond acceptors (Lipinski definition) is 10. The predicted octanol–water partition coefficient (Wildman–Crippen LogP) is 0.510. The molecule has 0 amide bonds. The maximum atomic E-state index is 12.4. The number of ether oxygens (including phenoxy) is 2. The van der Waals surface area contributed by atoms with Gasteiger partial charge in [0.25, 0.3) is 0 Å². The monoisotopic (exact) mass is 422 g/mol. The molecular formula is C20H22O10. The molecule has 0 aliphatic rings. The van der Waals surface area contributed by atoms with Crippen molar-refractivity contribution in [3.05, 3.63) is 46.5 Å². The Labute approximate surface area is 171 Å². The van der Waals surface area contributed by atoms with E-state index in [4.69, 9.17) is 14.6 Å². The van der Waals surface area contributed by atoms with Gasteiger partial charge in [-0.3, -0.25) is 0 Å². The van der Waals surface area contributed by atoms with Crippen molar-refractivity contribution < 1.29 is 49.7 Å². The van der Waals surface area contributed by atoms with E-state index in [0.717, 1.165) is 12.1 Å². The maximum absolute atomic E-state index is 12.4. The molecule has 0 aliphatic heterocycles. The molecule has 0 radical (unpaired) electrons. The molecule has 0 spiro atoms. The number of phenols is 3. The minimum atomic E-state index is -1.51. The van der Waals surface area contributed by atoms with Crippen LogP contribution >= 0.6 is 0 Å². The van der Waals surface area contributed by atoms with E-state index in [9.17, 15) is 35.1 Å². The molecule has 2 rings (SSSR count). The van der Waals surface area contributed by atoms with Crippen molar-refractivity contribution >= 4 is 11.9 Å². The number of benzene rings is 2. The zero-order valence-electron chi connectivity index (χ0n) is 16.2. The number of carbonyl (C=O) groups excluding carboxylic acids is 2. The van der Waals surface area contributed by atoms with Crippen LogP contribution in [-0.4, -0.2) is 68.0 Å². The molecule has 30 heavy (non-hydrogen) atoms. The highest BCUT2D eigenvalue weighted by atomic mass is 16.5. The van der Waals surface area contributed by atoms with Crippen LogP contribution in [0.1, 0.15) is 31.8 Å². The van der Waals surface area contributed by atoms with Crippen LogP contribution in [-0.2, 0) is 4.74 Å². The number of phenolic OH excluding ortho intramolecular Hbond substituents is 3. The SMILES string of the molecule is Cc1cc(OC(=O)c2c(C)cc(O)cc2O)cc(O)c1C(=O)OC[C@H](O)[C@@H](O)CO. The van der Waals surface area contributed by atoms with Crippen LogP contribution in [0.25, 0.3) is 0 Å². The minimum Gasteiger partial charge on any atom is -0.508 e. The van der Waals surface area contributed by atoms with Gasteiger partial charge in [-0.1, -0.05) is 0 Å². The van der Waals surface area contributed by atoms with E-state index in [0.29, 0.717) is 0 Å². The molecule has 2 aromatic rings. The maximum Gasteiger partial charge on any atom is 0.347 e. The fourth-order valence-corrected chi connectivity index (χ4v) is 2.70. The molecule has 0 aliphatic carbocycles. The Hall–Kier alpha value is -3.34. The van der Waals surface area contributed by atoms with Crippen LogP contribution in [0, 0.1) is 13.8 Å². The summed E-state index contributed by atoms with van der Waals surface area (Å²) < 4.78 is 9.97. The fraction of sp³-hybridized carbons (Fsp3) is 0.300. The van der Waals surface area contributed by atoms with Gasteiger partial charge in [-0.2, -0.15) is 0 Å². The van der Waals surface area contributed by atoms with E-state index in [-0.39, 0.29) is 33.8 Å². The smallest absolute Gasteiger partial charge is 0.347 e. The van der Waals surface area contributed by atoms with Crippen molar-refractivity contribution in [2.24, 2.45) is 0 Å². The van der Waals surface area contributed by atoms with Gasteiger partial charge in [0.15, 0.2) is 0 Å². The van der Waals surface area contributed by atoms with Gasteiger partial charge in [0, 0.05) is 12.1 Å². The number of rotatable bonds is 7. The Morgan fingerprint density at radius 1 is 0.867 bits per heavy atom. The lowest BCUT2D eigenvalue weighted by Gasteiger charge is -2.16. The number of aliphatic hydroxyl groups is 3. The standard InChI is InChI=1S/C20H22O10/c1-9-3-11(22)5-13(23)18(9)20(28)30-12-4-10(2)17(14(24)6-12)19(27)29-8-16(26)15(25)7-21/h3-6,15-16,21-26H,7-8H2,1-2H3/t15-,16-/m0/s1. The van der Waals surface area contributed by atoms with Crippen molar-refractivity contribution in [3.8, 4) is 23.0 Å². The summed E-state index contributed by atoms with van der Waals surface area (Å²) in [4.78, 5) is 24.5. The van der Waals surface area contributed by atoms with E-state index < -0.39 is 48.9 Å². The van der Waals surface area contributed by atoms with E-state index in [1.807, 2.05) is 0 Å². The molecule has 0 aromatic heterocycles. The highest BCUT2D eigenvalue weighted by Crippen LogP contribution is 2.31. The van der Waals surface area contributed by atoms with Gasteiger partial charge in [0.05, 0.1) is 6.61 Å². The molecule has 0 heterocycles. The summed E-state index contributed by atoms with van der Waals surface area (Å²) in [7, 11) is 0. The van der Waals surface area contributed by atoms with Crippen LogP contribution in [0.4, 0.5) is 0 Å². The zero-order chi connectivity index (χ0) is 22.6. The van der Waals surface area contributed by atoms with Crippen molar-refractivity contribution in [1.29, 1.82) is 0 Å². The number of esters is 2. The predicted molar refractivity (Wildman–Crippen MR) is 102 cm³/mol. The van der Waals surface area contributed by atoms with Crippen LogP contribution in [0.2, 0.25) is 0 Å². The van der Waals surface area contributed by atoms with Gasteiger partial charge in [-0.25, -0.2) is 9.59 Å². The lowest BCUT2D eigenvalue weighted by molar-refractivity contribution is -0.0468. The van der Waals surface area contributed by atoms with E-state index in [1.165, 1.54) is 26.0 Å². The topological polar surface area (TPSA) is 174 Å². The number of aromatic hydroxyl groups is 3. The summed E-state index contributed by atoms with van der Waals surface area (Å²) in [6.45, 7) is 1.59. The summed E-state index contributed by atoms with van der Waals surface area (Å²) >= 11 is 0. The number of aliphatic hydroxyl groups excluding tert-OH is 3. The van der Waals surface area contributed by atoms with Gasteiger partial charge >= 0.3 is 11.9 Å². The van der Waals surface area contributed by atoms with Crippen LogP contribution in [0.15, 0.2) is 24.3 Å². The first kappa shape index (κ1) is 22.9. The summed E-state index contributed by atoms with van der Waals surface area (Å²) in [5.74, 6) is -3.34. The van der Waals surface area contributed by atoms with Gasteiger partial charge in [-0.15, -0.1) is 0 Å². The third-order valence-corrected chi connectivity index (χ3v) is 4.22. The second kappa shape index (κ2) is 9.44. The summed E-state index contributed by atoms with van der Waals surface area (Å²) in [5.41, 5.74) is 0.0305. The average molecular weight is 422 g/mol. The number of hydrogen-bond donors (Lipinski definition) is 6. The lowest BCUT2D eigenvalue weighted by atomic mass is 10.1. The van der Waals surface area contributed by atoms with Gasteiger partial charge in [0.1, 0.15) is 52.9 Å². The largest absolute Gasteiger partial charge is 0.508 e. The first-order valence-corrected chi connectivity index (χ1v) is 8.77. The Morgan fingerprint density at radius 2 is 1.43 bits per heavy atom. The Bertz CT molecular complexity index is 907. The summed E-state index contributed by atoms with van der Waals surface area (Å²) in [6.07, 6.45) is -3.00. The molecule has 6 N–H and O–H groups in total. The molecule has 10 heteroatoms. The molecule has 0 fully saturated rings. The number of carbonyl (C=O) groups is 2. The van der Waals surface area contributed by atoms with Gasteiger partial charge in [0.2, 0.25) is 0 Å². The van der Waals surface area contributed by atoms with Gasteiger partial charge < -0.3 is 40.1 Å². The highest BCUT2D eigenvalue weighted by molar-refractivity contribution is 5.97. The normalized spacial score (nSPS) is 12.8. The van der Waals surface area contributed by atoms with Crippen molar-refractivity contribution in [2.45, 2.75) is 26.1 Å². The highest BCUT2D eigenvalue weighted by Gasteiger charge is 2.23. The zero-order valence-corrected chi connectivity index (χ0v) is 16.2. The van der Waals surface area contributed by atoms with Crippen molar-refractivity contribution in [1.82, 2.24) is 0 Å². The molecular weight excluding hydrogens is 400 g/mol. The molecule has 2 aromatic carbocycles. The Kier molecular flexibility index (Phi) is 7.22. The molecule has 0 unspecified atom stereocenters. The minimum absolute atomic E-state index is 0.117. The molecule has 0 bridgehead atoms. The molecule has 2 atom stereocenters. The van der Waals surface area contributed by atoms with E-state index >= 15 is 0 Å². The average Bonchev–Trinajstić information content (AvgIpc) is 2.63. The Morgan fingerprint density at radius 3 is 2.00 bits per heavy atom. The summed E-state index contributed by atoms with van der Waals surface area (Å²) in [6, 6.07) is 4.52. The second-order valence-electron chi connectivity index (χ2n) is 6.60. The first-order chi connectivity index (χ1) is 14.0. The summed E-state index contributed by atoms with van der Waals surface area (Å²) in [5, 5.41) is 57.0. The lowest BCUT2D eigenvalue weighted by Crippen LogP contribution is -2.34. The second-order valence-corrected chi connectivity index (χ2v) is 6.60. The third-order valence-electron chi connectivity index (χ3n) is 4.22. The van der Waals surface area contributed by atoms with Crippen LogP contribution in [0.5, 0.6) is 23.0 Å². The van der Waals surface area contributed by atoms with Crippen LogP contribution in [0.3, 0.4) is 0 Å². The van der Waals surface area contributed by atoms with Gasteiger partial charge in [-0.05, 0) is 37.1 Å². The number of aryl methyl sites for hydroxylation is 2. The molecule has 0 saturated carbocycles. The fourth-order valence-electron chi connectivity index (χ4n) is 2.70. The molecule has 10 nitrogen and oxygen atoms in total. The van der Waals surface area contributed by atoms with Crippen molar-refractivity contribution in [2.75, 3.05) is 13.2 Å².